The lowest BCUT2D eigenvalue weighted by Gasteiger charge is -2.42. The molecule has 0 spiro atoms. The molecule has 0 aliphatic carbocycles. The number of hydrogen-bond acceptors (Lipinski definition) is 4. The minimum absolute atomic E-state index is 0.0914. The Kier molecular flexibility index (Phi) is 4.82. The molecule has 0 aromatic heterocycles. The maximum absolute atomic E-state index is 11.1. The first-order valence-corrected chi connectivity index (χ1v) is 6.58. The molecular formula is C11H21N2O3S+. The van der Waals surface area contributed by atoms with E-state index in [4.69, 9.17) is 20.6 Å². The van der Waals surface area contributed by atoms with E-state index >= 15 is 0 Å². The van der Waals surface area contributed by atoms with Gasteiger partial charge in [-0.15, -0.1) is 0 Å². The molecule has 17 heavy (non-hydrogen) atoms. The lowest BCUT2D eigenvalue weighted by Crippen LogP contribution is -2.52. The quantitative estimate of drug-likeness (QED) is 0.406. The molecule has 1 aliphatic rings. The molecular weight excluding hydrogens is 240 g/mol. The predicted molar refractivity (Wildman–Crippen MR) is 66.9 cm³/mol. The van der Waals surface area contributed by atoms with Gasteiger partial charge in [0.2, 0.25) is 0 Å². The summed E-state index contributed by atoms with van der Waals surface area (Å²) < 4.78 is 11.1. The van der Waals surface area contributed by atoms with Crippen molar-refractivity contribution >= 4 is 22.9 Å². The van der Waals surface area contributed by atoms with E-state index in [1.165, 1.54) is 18.7 Å². The molecule has 0 aromatic carbocycles. The Morgan fingerprint density at radius 3 is 2.41 bits per heavy atom. The summed E-state index contributed by atoms with van der Waals surface area (Å²) in [6.07, 6.45) is -0.223. The van der Waals surface area contributed by atoms with Gasteiger partial charge in [0.15, 0.2) is 5.44 Å². The second-order valence-electron chi connectivity index (χ2n) is 4.52. The molecule has 1 heterocycles. The number of carbonyl (C=O) groups is 1. The normalized spacial score (nSPS) is 37.5. The SMILES string of the molecule is CC(=O)OC1[C@@H](C)[C@@H](C)C(C)O[C@H]1SC(N)=[NH2+]. The van der Waals surface area contributed by atoms with Crippen molar-refractivity contribution in [3.63, 3.8) is 0 Å². The van der Waals surface area contributed by atoms with Gasteiger partial charge in [0.1, 0.15) is 6.10 Å². The predicted octanol–water partition coefficient (Wildman–Crippen LogP) is -0.258. The first-order valence-electron chi connectivity index (χ1n) is 5.70. The van der Waals surface area contributed by atoms with Gasteiger partial charge in [-0.1, -0.05) is 13.8 Å². The van der Waals surface area contributed by atoms with Crippen molar-refractivity contribution in [2.24, 2.45) is 17.6 Å². The number of hydrogen-bond donors (Lipinski definition) is 2. The van der Waals surface area contributed by atoms with Crippen LogP contribution in [0.3, 0.4) is 0 Å². The van der Waals surface area contributed by atoms with Gasteiger partial charge in [0.25, 0.3) is 0 Å². The minimum Gasteiger partial charge on any atom is -0.459 e. The Morgan fingerprint density at radius 2 is 1.94 bits per heavy atom. The van der Waals surface area contributed by atoms with Crippen LogP contribution in [-0.2, 0) is 14.3 Å². The summed E-state index contributed by atoms with van der Waals surface area (Å²) in [4.78, 5) is 11.1. The number of esters is 1. The van der Waals surface area contributed by atoms with Crippen LogP contribution in [0.15, 0.2) is 0 Å². The van der Waals surface area contributed by atoms with Gasteiger partial charge in [0.05, 0.1) is 6.10 Å². The molecule has 98 valence electrons. The molecule has 4 N–H and O–H groups in total. The molecule has 1 fully saturated rings. The number of thioether (sulfide) groups is 1. The van der Waals surface area contributed by atoms with Crippen LogP contribution in [0.2, 0.25) is 0 Å². The molecule has 1 saturated heterocycles. The molecule has 1 rings (SSSR count). The fourth-order valence-corrected chi connectivity index (χ4v) is 2.91. The second kappa shape index (κ2) is 5.73. The van der Waals surface area contributed by atoms with Crippen molar-refractivity contribution in [1.82, 2.24) is 0 Å². The van der Waals surface area contributed by atoms with Crippen molar-refractivity contribution in [1.29, 1.82) is 0 Å². The Morgan fingerprint density at radius 1 is 1.35 bits per heavy atom. The zero-order chi connectivity index (χ0) is 13.2. The van der Waals surface area contributed by atoms with E-state index < -0.39 is 0 Å². The molecule has 5 nitrogen and oxygen atoms in total. The molecule has 6 heteroatoms. The summed E-state index contributed by atoms with van der Waals surface area (Å²) >= 11 is 1.21. The highest BCUT2D eigenvalue weighted by Gasteiger charge is 2.43. The fraction of sp³-hybridized carbons (Fsp3) is 0.818. The summed E-state index contributed by atoms with van der Waals surface area (Å²) in [5.41, 5.74) is 5.15. The zero-order valence-electron chi connectivity index (χ0n) is 10.7. The summed E-state index contributed by atoms with van der Waals surface area (Å²) in [6, 6.07) is 0. The highest BCUT2D eigenvalue weighted by Crippen LogP contribution is 2.36. The third-order valence-corrected chi connectivity index (χ3v) is 4.14. The van der Waals surface area contributed by atoms with Crippen LogP contribution in [0.1, 0.15) is 27.7 Å². The van der Waals surface area contributed by atoms with Crippen molar-refractivity contribution in [3.05, 3.63) is 0 Å². The lowest BCUT2D eigenvalue weighted by molar-refractivity contribution is -0.174. The third kappa shape index (κ3) is 3.61. The Labute approximate surface area is 106 Å². The molecule has 0 amide bonds. The first kappa shape index (κ1) is 14.3. The van der Waals surface area contributed by atoms with Crippen molar-refractivity contribution in [2.45, 2.75) is 45.3 Å². The molecule has 0 bridgehead atoms. The minimum atomic E-state index is -0.329. The summed E-state index contributed by atoms with van der Waals surface area (Å²) in [6.45, 7) is 7.54. The van der Waals surface area contributed by atoms with E-state index in [9.17, 15) is 4.79 Å². The Balaban J connectivity index is 2.82. The van der Waals surface area contributed by atoms with Crippen LogP contribution < -0.4 is 11.1 Å². The second-order valence-corrected chi connectivity index (χ2v) is 5.69. The average Bonchev–Trinajstić information content (AvgIpc) is 2.20. The number of amidine groups is 1. The molecule has 2 unspecified atom stereocenters. The van der Waals surface area contributed by atoms with Crippen LogP contribution in [0.5, 0.6) is 0 Å². The summed E-state index contributed by atoms with van der Waals surface area (Å²) in [5.74, 6) is 0.211. The van der Waals surface area contributed by atoms with E-state index in [1.54, 1.807) is 0 Å². The molecule has 0 aromatic rings. The van der Waals surface area contributed by atoms with Gasteiger partial charge in [0, 0.05) is 12.8 Å². The van der Waals surface area contributed by atoms with Gasteiger partial charge >= 0.3 is 11.1 Å². The number of nitrogens with two attached hydrogens (primary N) is 2. The van der Waals surface area contributed by atoms with Gasteiger partial charge in [-0.2, -0.15) is 0 Å². The van der Waals surface area contributed by atoms with Gasteiger partial charge in [-0.3, -0.25) is 15.9 Å². The number of ether oxygens (including phenoxy) is 2. The first-order chi connectivity index (χ1) is 7.82. The van der Waals surface area contributed by atoms with Crippen LogP contribution in [0, 0.1) is 11.8 Å². The smallest absolute Gasteiger partial charge is 0.303 e. The van der Waals surface area contributed by atoms with Crippen molar-refractivity contribution in [2.75, 3.05) is 0 Å². The summed E-state index contributed by atoms with van der Waals surface area (Å²) in [7, 11) is 0. The zero-order valence-corrected chi connectivity index (χ0v) is 11.5. The van der Waals surface area contributed by atoms with E-state index in [1.807, 2.05) is 6.92 Å². The van der Waals surface area contributed by atoms with E-state index in [0.29, 0.717) is 5.92 Å². The van der Waals surface area contributed by atoms with E-state index in [2.05, 4.69) is 13.8 Å². The fourth-order valence-electron chi connectivity index (χ4n) is 1.97. The highest BCUT2D eigenvalue weighted by atomic mass is 32.2. The van der Waals surface area contributed by atoms with Crippen LogP contribution in [0.25, 0.3) is 0 Å². The van der Waals surface area contributed by atoms with Gasteiger partial charge < -0.3 is 9.47 Å². The molecule has 5 atom stereocenters. The highest BCUT2D eigenvalue weighted by molar-refractivity contribution is 8.13. The standard InChI is InChI=1S/C11H20N2O3S/c1-5-6(2)9(16-8(4)14)10(15-7(5)3)17-11(12)13/h5-7,9-10H,1-4H3,(H3,12,13)/p+1/t5-,6+,7?,9?,10+/m1/s1. The number of rotatable bonds is 2. The topological polar surface area (TPSA) is 87.1 Å². The largest absolute Gasteiger partial charge is 0.459 e. The maximum Gasteiger partial charge on any atom is 0.303 e. The van der Waals surface area contributed by atoms with Crippen LogP contribution in [0.4, 0.5) is 0 Å². The van der Waals surface area contributed by atoms with E-state index in [0.717, 1.165) is 0 Å². The number of carbonyl (C=O) groups excluding carboxylic acids is 1. The van der Waals surface area contributed by atoms with E-state index in [-0.39, 0.29) is 34.7 Å². The maximum atomic E-state index is 11.1. The van der Waals surface area contributed by atoms with Crippen LogP contribution >= 0.6 is 11.8 Å². The van der Waals surface area contributed by atoms with Crippen LogP contribution in [-0.4, -0.2) is 28.8 Å². The molecule has 0 saturated carbocycles. The molecule has 0 radical (unpaired) electrons. The third-order valence-electron chi connectivity index (χ3n) is 3.26. The Bertz CT molecular complexity index is 311. The molecule has 1 aliphatic heterocycles. The Hall–Kier alpha value is -0.750. The average molecular weight is 261 g/mol. The van der Waals surface area contributed by atoms with Crippen molar-refractivity contribution in [3.8, 4) is 0 Å². The van der Waals surface area contributed by atoms with Crippen molar-refractivity contribution < 1.29 is 19.7 Å². The summed E-state index contributed by atoms with van der Waals surface area (Å²) in [5, 5.41) is 5.70. The van der Waals surface area contributed by atoms with Gasteiger partial charge in [-0.05, 0) is 24.6 Å². The monoisotopic (exact) mass is 261 g/mol. The lowest BCUT2D eigenvalue weighted by atomic mass is 9.85. The van der Waals surface area contributed by atoms with Gasteiger partial charge in [-0.25, -0.2) is 0 Å².